The summed E-state index contributed by atoms with van der Waals surface area (Å²) in [7, 11) is 1.69. The van der Waals surface area contributed by atoms with Crippen LogP contribution < -0.4 is 16.0 Å². The number of nitrogens with one attached hydrogen (secondary N) is 1. The van der Waals surface area contributed by atoms with Crippen molar-refractivity contribution in [2.45, 2.75) is 25.3 Å². The van der Waals surface area contributed by atoms with E-state index in [1.807, 2.05) is 12.1 Å². The monoisotopic (exact) mass is 266 g/mol. The third kappa shape index (κ3) is 3.64. The van der Waals surface area contributed by atoms with Crippen LogP contribution in [0.3, 0.4) is 0 Å². The third-order valence-corrected chi connectivity index (χ3v) is 4.68. The van der Waals surface area contributed by atoms with Crippen LogP contribution in [-0.4, -0.2) is 18.6 Å². The van der Waals surface area contributed by atoms with Crippen LogP contribution in [0.4, 0.5) is 0 Å². The van der Waals surface area contributed by atoms with E-state index in [1.54, 1.807) is 7.11 Å². The van der Waals surface area contributed by atoms with Crippen molar-refractivity contribution in [3.8, 4) is 5.75 Å². The Morgan fingerprint density at radius 1 is 1.33 bits per heavy atom. The van der Waals surface area contributed by atoms with Crippen molar-refractivity contribution in [1.29, 1.82) is 0 Å². The molecular weight excluding hydrogens is 244 g/mol. The molecule has 100 valence electrons. The van der Waals surface area contributed by atoms with E-state index in [-0.39, 0.29) is 6.04 Å². The minimum atomic E-state index is 0.254. The first kappa shape index (κ1) is 13.7. The number of hydrogen-bond donors (Lipinski definition) is 2. The molecule has 0 radical (unpaired) electrons. The number of thioether (sulfide) groups is 1. The Hall–Kier alpha value is -0.710. The Labute approximate surface area is 113 Å². The highest BCUT2D eigenvalue weighted by atomic mass is 32.2. The first-order chi connectivity index (χ1) is 8.83. The molecule has 0 saturated carbocycles. The summed E-state index contributed by atoms with van der Waals surface area (Å²) < 4.78 is 5.18. The summed E-state index contributed by atoms with van der Waals surface area (Å²) in [4.78, 5) is 0. The fraction of sp³-hybridized carbons (Fsp3) is 0.571. The summed E-state index contributed by atoms with van der Waals surface area (Å²) in [5.41, 5.74) is 4.20. The minimum absolute atomic E-state index is 0.254. The molecule has 1 aromatic carbocycles. The van der Waals surface area contributed by atoms with E-state index >= 15 is 0 Å². The SMILES string of the molecule is COc1ccc(C(CC2CCSCC2)NN)cc1. The number of hydrogen-bond acceptors (Lipinski definition) is 4. The molecule has 1 atom stereocenters. The molecular formula is C14H22N2OS. The van der Waals surface area contributed by atoms with Crippen LogP contribution in [0, 0.1) is 5.92 Å². The largest absolute Gasteiger partial charge is 0.497 e. The molecule has 1 aromatic rings. The van der Waals surface area contributed by atoms with E-state index in [1.165, 1.54) is 29.9 Å². The lowest BCUT2D eigenvalue weighted by atomic mass is 9.91. The molecule has 1 fully saturated rings. The quantitative estimate of drug-likeness (QED) is 0.635. The summed E-state index contributed by atoms with van der Waals surface area (Å²) in [6, 6.07) is 8.44. The van der Waals surface area contributed by atoms with Gasteiger partial charge in [-0.2, -0.15) is 11.8 Å². The van der Waals surface area contributed by atoms with E-state index in [4.69, 9.17) is 10.6 Å². The summed E-state index contributed by atoms with van der Waals surface area (Å²) in [5.74, 6) is 9.99. The maximum Gasteiger partial charge on any atom is 0.118 e. The number of benzene rings is 1. The molecule has 4 heteroatoms. The molecule has 0 amide bonds. The van der Waals surface area contributed by atoms with Gasteiger partial charge in [0.1, 0.15) is 5.75 Å². The highest BCUT2D eigenvalue weighted by Gasteiger charge is 2.19. The topological polar surface area (TPSA) is 47.3 Å². The Bertz CT molecular complexity index is 349. The maximum absolute atomic E-state index is 5.71. The minimum Gasteiger partial charge on any atom is -0.497 e. The van der Waals surface area contributed by atoms with Crippen LogP contribution in [0.2, 0.25) is 0 Å². The van der Waals surface area contributed by atoms with Gasteiger partial charge in [0, 0.05) is 6.04 Å². The lowest BCUT2D eigenvalue weighted by Crippen LogP contribution is -2.30. The Morgan fingerprint density at radius 2 is 2.00 bits per heavy atom. The second kappa shape index (κ2) is 7.02. The van der Waals surface area contributed by atoms with Crippen LogP contribution >= 0.6 is 11.8 Å². The van der Waals surface area contributed by atoms with Crippen LogP contribution in [0.15, 0.2) is 24.3 Å². The lowest BCUT2D eigenvalue weighted by molar-refractivity contribution is 0.373. The molecule has 2 rings (SSSR count). The zero-order valence-electron chi connectivity index (χ0n) is 10.9. The Balaban J connectivity index is 1.97. The van der Waals surface area contributed by atoms with E-state index in [9.17, 15) is 0 Å². The van der Waals surface area contributed by atoms with Crippen LogP contribution in [0.5, 0.6) is 5.75 Å². The van der Waals surface area contributed by atoms with Gasteiger partial charge in [0.25, 0.3) is 0 Å². The molecule has 1 aliphatic rings. The second-order valence-electron chi connectivity index (χ2n) is 4.78. The van der Waals surface area contributed by atoms with E-state index in [0.717, 1.165) is 18.1 Å². The van der Waals surface area contributed by atoms with Crippen molar-refractivity contribution in [3.05, 3.63) is 29.8 Å². The zero-order valence-corrected chi connectivity index (χ0v) is 11.7. The van der Waals surface area contributed by atoms with Gasteiger partial charge in [-0.3, -0.25) is 11.3 Å². The molecule has 1 heterocycles. The van der Waals surface area contributed by atoms with Gasteiger partial charge in [-0.15, -0.1) is 0 Å². The smallest absolute Gasteiger partial charge is 0.118 e. The van der Waals surface area contributed by atoms with Gasteiger partial charge >= 0.3 is 0 Å². The number of ether oxygens (including phenoxy) is 1. The summed E-state index contributed by atoms with van der Waals surface area (Å²) in [6.45, 7) is 0. The Morgan fingerprint density at radius 3 is 2.56 bits per heavy atom. The lowest BCUT2D eigenvalue weighted by Gasteiger charge is -2.26. The molecule has 0 aromatic heterocycles. The first-order valence-corrected chi connectivity index (χ1v) is 7.66. The molecule has 1 aliphatic heterocycles. The van der Waals surface area contributed by atoms with Crippen molar-refractivity contribution in [1.82, 2.24) is 5.43 Å². The van der Waals surface area contributed by atoms with Gasteiger partial charge in [0.15, 0.2) is 0 Å². The zero-order chi connectivity index (χ0) is 12.8. The maximum atomic E-state index is 5.71. The summed E-state index contributed by atoms with van der Waals surface area (Å²) in [6.07, 6.45) is 3.77. The summed E-state index contributed by atoms with van der Waals surface area (Å²) in [5, 5.41) is 0. The highest BCUT2D eigenvalue weighted by molar-refractivity contribution is 7.99. The van der Waals surface area contributed by atoms with Gasteiger partial charge in [0.2, 0.25) is 0 Å². The van der Waals surface area contributed by atoms with Crippen molar-refractivity contribution in [2.24, 2.45) is 11.8 Å². The van der Waals surface area contributed by atoms with Gasteiger partial charge in [-0.25, -0.2) is 0 Å². The molecule has 0 aliphatic carbocycles. The number of hydrazine groups is 1. The molecule has 3 nitrogen and oxygen atoms in total. The fourth-order valence-corrected chi connectivity index (χ4v) is 3.66. The van der Waals surface area contributed by atoms with Crippen molar-refractivity contribution >= 4 is 11.8 Å². The molecule has 18 heavy (non-hydrogen) atoms. The fourth-order valence-electron chi connectivity index (χ4n) is 2.45. The van der Waals surface area contributed by atoms with E-state index in [0.29, 0.717) is 0 Å². The van der Waals surface area contributed by atoms with Gasteiger partial charge in [-0.05, 0) is 54.4 Å². The van der Waals surface area contributed by atoms with Gasteiger partial charge in [0.05, 0.1) is 7.11 Å². The first-order valence-electron chi connectivity index (χ1n) is 6.51. The van der Waals surface area contributed by atoms with Crippen molar-refractivity contribution in [2.75, 3.05) is 18.6 Å². The predicted molar refractivity (Wildman–Crippen MR) is 77.7 cm³/mol. The van der Waals surface area contributed by atoms with Crippen LogP contribution in [0.1, 0.15) is 30.9 Å². The van der Waals surface area contributed by atoms with E-state index < -0.39 is 0 Å². The molecule has 3 N–H and O–H groups in total. The third-order valence-electron chi connectivity index (χ3n) is 3.63. The average molecular weight is 266 g/mol. The molecule has 1 unspecified atom stereocenters. The number of rotatable bonds is 5. The van der Waals surface area contributed by atoms with Gasteiger partial charge in [-0.1, -0.05) is 12.1 Å². The predicted octanol–water partition coefficient (Wildman–Crippen LogP) is 2.73. The van der Waals surface area contributed by atoms with Crippen LogP contribution in [0.25, 0.3) is 0 Å². The highest BCUT2D eigenvalue weighted by Crippen LogP contribution is 2.31. The standard InChI is InChI=1S/C14H22N2OS/c1-17-13-4-2-12(3-5-13)14(16-15)10-11-6-8-18-9-7-11/h2-5,11,14,16H,6-10,15H2,1H3. The number of methoxy groups -OCH3 is 1. The van der Waals surface area contributed by atoms with Crippen molar-refractivity contribution < 1.29 is 4.74 Å². The van der Waals surface area contributed by atoms with Crippen LogP contribution in [-0.2, 0) is 0 Å². The Kier molecular flexibility index (Phi) is 5.35. The van der Waals surface area contributed by atoms with Gasteiger partial charge < -0.3 is 4.74 Å². The molecule has 0 bridgehead atoms. The normalized spacial score (nSPS) is 18.6. The second-order valence-corrected chi connectivity index (χ2v) is 6.01. The summed E-state index contributed by atoms with van der Waals surface area (Å²) >= 11 is 2.07. The number of nitrogens with two attached hydrogens (primary N) is 1. The molecule has 0 spiro atoms. The van der Waals surface area contributed by atoms with E-state index in [2.05, 4.69) is 29.3 Å². The van der Waals surface area contributed by atoms with Crippen molar-refractivity contribution in [3.63, 3.8) is 0 Å². The molecule has 1 saturated heterocycles. The average Bonchev–Trinajstić information content (AvgIpc) is 2.46.